The Morgan fingerprint density at radius 1 is 1.45 bits per heavy atom. The average Bonchev–Trinajstić information content (AvgIpc) is 3.14. The molecule has 0 unspecified atom stereocenters. The second-order valence-corrected chi connectivity index (χ2v) is 5.78. The van der Waals surface area contributed by atoms with Crippen LogP contribution in [0.5, 0.6) is 0 Å². The minimum Gasteiger partial charge on any atom is -0.349 e. The maximum Gasteiger partial charge on any atom is 0.243 e. The molecule has 0 aliphatic heterocycles. The highest BCUT2D eigenvalue weighted by Gasteiger charge is 2.20. The number of carbonyl (C=O) groups excluding carboxylic acids is 2. The smallest absolute Gasteiger partial charge is 0.243 e. The predicted molar refractivity (Wildman–Crippen MR) is 83.2 cm³/mol. The van der Waals surface area contributed by atoms with Crippen LogP contribution in [0.1, 0.15) is 30.2 Å². The number of rotatable bonds is 7. The van der Waals surface area contributed by atoms with E-state index < -0.39 is 6.04 Å². The lowest BCUT2D eigenvalue weighted by Crippen LogP contribution is -2.47. The molecular weight excluding hydrogens is 302 g/mol. The van der Waals surface area contributed by atoms with Gasteiger partial charge in [0.2, 0.25) is 11.8 Å². The molecule has 2 aromatic heterocycles. The van der Waals surface area contributed by atoms with Gasteiger partial charge in [-0.25, -0.2) is 9.97 Å². The van der Waals surface area contributed by atoms with E-state index in [1.807, 2.05) is 12.3 Å². The van der Waals surface area contributed by atoms with Gasteiger partial charge in [0, 0.05) is 30.6 Å². The normalized spacial score (nSPS) is 11.9. The third-order valence-electron chi connectivity index (χ3n) is 3.02. The summed E-state index contributed by atoms with van der Waals surface area (Å²) in [4.78, 5) is 34.8. The Balaban J connectivity index is 1.94. The molecule has 2 heterocycles. The summed E-state index contributed by atoms with van der Waals surface area (Å²) in [6.45, 7) is 3.79. The van der Waals surface area contributed by atoms with Crippen molar-refractivity contribution in [3.63, 3.8) is 0 Å². The van der Waals surface area contributed by atoms with Crippen molar-refractivity contribution in [1.29, 1.82) is 0 Å². The second-order valence-electron chi connectivity index (χ2n) is 4.84. The van der Waals surface area contributed by atoms with Gasteiger partial charge in [-0.1, -0.05) is 6.92 Å². The van der Waals surface area contributed by atoms with E-state index in [1.165, 1.54) is 6.92 Å². The summed E-state index contributed by atoms with van der Waals surface area (Å²) in [5.41, 5.74) is 1.62. The van der Waals surface area contributed by atoms with E-state index >= 15 is 0 Å². The minimum absolute atomic E-state index is 0.240. The van der Waals surface area contributed by atoms with Gasteiger partial charge in [-0.15, -0.1) is 11.3 Å². The minimum atomic E-state index is -0.637. The van der Waals surface area contributed by atoms with Crippen molar-refractivity contribution in [1.82, 2.24) is 25.6 Å². The van der Waals surface area contributed by atoms with Crippen LogP contribution in [0.2, 0.25) is 0 Å². The van der Waals surface area contributed by atoms with E-state index in [1.54, 1.807) is 23.9 Å². The first kappa shape index (κ1) is 16.2. The van der Waals surface area contributed by atoms with Gasteiger partial charge in [-0.3, -0.25) is 9.59 Å². The lowest BCUT2D eigenvalue weighted by Gasteiger charge is -2.16. The number of aryl methyl sites for hydroxylation is 1. The van der Waals surface area contributed by atoms with Crippen LogP contribution in [0.3, 0.4) is 0 Å². The van der Waals surface area contributed by atoms with E-state index in [4.69, 9.17) is 0 Å². The van der Waals surface area contributed by atoms with Gasteiger partial charge in [-0.2, -0.15) is 0 Å². The summed E-state index contributed by atoms with van der Waals surface area (Å²) in [5, 5.41) is 8.44. The number of nitrogens with zero attached hydrogens (tertiary/aromatic N) is 2. The number of carbonyl (C=O) groups is 2. The number of nitrogens with one attached hydrogen (secondary N) is 3. The number of hydrogen-bond acceptors (Lipinski definition) is 5. The summed E-state index contributed by atoms with van der Waals surface area (Å²) < 4.78 is 0. The zero-order chi connectivity index (χ0) is 15.9. The van der Waals surface area contributed by atoms with E-state index in [9.17, 15) is 9.59 Å². The number of thiazole rings is 1. The van der Waals surface area contributed by atoms with Crippen LogP contribution in [0.4, 0.5) is 0 Å². The van der Waals surface area contributed by atoms with E-state index in [0.717, 1.165) is 22.8 Å². The van der Waals surface area contributed by atoms with Crippen LogP contribution in [-0.2, 0) is 29.0 Å². The zero-order valence-electron chi connectivity index (χ0n) is 12.5. The Morgan fingerprint density at radius 3 is 2.86 bits per heavy atom. The van der Waals surface area contributed by atoms with Crippen molar-refractivity contribution in [2.75, 3.05) is 0 Å². The second kappa shape index (κ2) is 7.69. The number of aromatic amines is 1. The Kier molecular flexibility index (Phi) is 5.65. The summed E-state index contributed by atoms with van der Waals surface area (Å²) in [5.74, 6) is -0.488. The van der Waals surface area contributed by atoms with Gasteiger partial charge in [0.1, 0.15) is 6.04 Å². The van der Waals surface area contributed by atoms with Gasteiger partial charge < -0.3 is 15.6 Å². The fourth-order valence-corrected chi connectivity index (χ4v) is 2.71. The number of hydrogen-bond donors (Lipinski definition) is 3. The number of amides is 2. The highest BCUT2D eigenvalue weighted by atomic mass is 32.1. The molecule has 7 nitrogen and oxygen atoms in total. The van der Waals surface area contributed by atoms with E-state index in [-0.39, 0.29) is 11.8 Å². The van der Waals surface area contributed by atoms with Gasteiger partial charge in [0.05, 0.1) is 23.6 Å². The van der Waals surface area contributed by atoms with Crippen molar-refractivity contribution in [3.05, 3.63) is 34.3 Å². The lowest BCUT2D eigenvalue weighted by atomic mass is 10.1. The van der Waals surface area contributed by atoms with Crippen LogP contribution >= 0.6 is 11.3 Å². The first-order chi connectivity index (χ1) is 10.6. The molecule has 22 heavy (non-hydrogen) atoms. The highest BCUT2D eigenvalue weighted by Crippen LogP contribution is 2.10. The van der Waals surface area contributed by atoms with Crippen LogP contribution in [0.25, 0.3) is 0 Å². The SMILES string of the molecule is CCc1nc(CNC(=O)[C@H](Cc2cnc[nH]2)NC(C)=O)cs1. The fourth-order valence-electron chi connectivity index (χ4n) is 1.96. The van der Waals surface area contributed by atoms with E-state index in [0.29, 0.717) is 13.0 Å². The summed E-state index contributed by atoms with van der Waals surface area (Å²) in [7, 11) is 0. The topological polar surface area (TPSA) is 99.8 Å². The van der Waals surface area contributed by atoms with Gasteiger partial charge in [0.15, 0.2) is 0 Å². The maximum absolute atomic E-state index is 12.3. The molecule has 0 saturated heterocycles. The molecule has 0 saturated carbocycles. The molecule has 0 aliphatic carbocycles. The fraction of sp³-hybridized carbons (Fsp3) is 0.429. The molecule has 8 heteroatoms. The van der Waals surface area contributed by atoms with Crippen LogP contribution in [0, 0.1) is 0 Å². The van der Waals surface area contributed by atoms with E-state index in [2.05, 4.69) is 25.6 Å². The largest absolute Gasteiger partial charge is 0.349 e. The molecule has 2 amide bonds. The Bertz CT molecular complexity index is 623. The Morgan fingerprint density at radius 2 is 2.27 bits per heavy atom. The Labute approximate surface area is 132 Å². The summed E-state index contributed by atoms with van der Waals surface area (Å²) in [6.07, 6.45) is 4.42. The van der Waals surface area contributed by atoms with Gasteiger partial charge >= 0.3 is 0 Å². The standard InChI is InChI=1S/C14H19N5O2S/c1-3-13-19-11(7-22-13)6-16-14(21)12(18-9(2)20)4-10-5-15-8-17-10/h5,7-8,12H,3-4,6H2,1-2H3,(H,15,17)(H,16,21)(H,18,20)/t12-/m0/s1. The predicted octanol–water partition coefficient (Wildman–Crippen LogP) is 0.792. The molecule has 2 rings (SSSR count). The average molecular weight is 321 g/mol. The number of H-pyrrole nitrogens is 1. The van der Waals surface area contributed by atoms with Crippen molar-refractivity contribution in [3.8, 4) is 0 Å². The summed E-state index contributed by atoms with van der Waals surface area (Å²) in [6, 6.07) is -0.637. The number of aromatic nitrogens is 3. The number of imidazole rings is 1. The quantitative estimate of drug-likeness (QED) is 0.702. The molecular formula is C14H19N5O2S. The first-order valence-corrected chi connectivity index (χ1v) is 7.91. The van der Waals surface area contributed by atoms with Crippen LogP contribution < -0.4 is 10.6 Å². The Hall–Kier alpha value is -2.22. The molecule has 0 bridgehead atoms. The molecule has 0 aliphatic rings. The molecule has 3 N–H and O–H groups in total. The third kappa shape index (κ3) is 4.66. The molecule has 1 atom stereocenters. The molecule has 2 aromatic rings. The molecule has 0 aromatic carbocycles. The zero-order valence-corrected chi connectivity index (χ0v) is 13.4. The highest BCUT2D eigenvalue weighted by molar-refractivity contribution is 7.09. The van der Waals surface area contributed by atoms with Crippen LogP contribution in [-0.4, -0.2) is 32.8 Å². The first-order valence-electron chi connectivity index (χ1n) is 7.03. The molecule has 0 spiro atoms. The van der Waals surface area contributed by atoms with Gasteiger partial charge in [0.25, 0.3) is 0 Å². The van der Waals surface area contributed by atoms with Gasteiger partial charge in [-0.05, 0) is 6.42 Å². The van der Waals surface area contributed by atoms with Crippen molar-refractivity contribution >= 4 is 23.2 Å². The summed E-state index contributed by atoms with van der Waals surface area (Å²) >= 11 is 1.58. The molecule has 0 radical (unpaired) electrons. The van der Waals surface area contributed by atoms with Crippen molar-refractivity contribution in [2.45, 2.75) is 39.3 Å². The van der Waals surface area contributed by atoms with Crippen molar-refractivity contribution in [2.24, 2.45) is 0 Å². The lowest BCUT2D eigenvalue weighted by molar-refractivity contribution is -0.128. The monoisotopic (exact) mass is 321 g/mol. The van der Waals surface area contributed by atoms with Crippen LogP contribution in [0.15, 0.2) is 17.9 Å². The molecule has 0 fully saturated rings. The van der Waals surface area contributed by atoms with Crippen molar-refractivity contribution < 1.29 is 9.59 Å². The third-order valence-corrected chi connectivity index (χ3v) is 4.06. The maximum atomic E-state index is 12.3. The molecule has 118 valence electrons.